The number of esters is 1. The van der Waals surface area contributed by atoms with E-state index in [0.29, 0.717) is 0 Å². The van der Waals surface area contributed by atoms with Crippen molar-refractivity contribution in [3.63, 3.8) is 0 Å². The summed E-state index contributed by atoms with van der Waals surface area (Å²) in [5, 5.41) is 8.32. The number of methoxy groups -OCH3 is 1. The van der Waals surface area contributed by atoms with Gasteiger partial charge >= 0.3 is 12.1 Å². The van der Waals surface area contributed by atoms with Crippen LogP contribution in [0.25, 0.3) is 0 Å². The van der Waals surface area contributed by atoms with Gasteiger partial charge in [0.2, 0.25) is 11.8 Å². The zero-order valence-electron chi connectivity index (χ0n) is 24.7. The van der Waals surface area contributed by atoms with Crippen LogP contribution in [0.4, 0.5) is 28.9 Å². The lowest BCUT2D eigenvalue weighted by Crippen LogP contribution is -2.49. The third kappa shape index (κ3) is 5.78. The van der Waals surface area contributed by atoms with E-state index in [1.54, 1.807) is 6.92 Å². The van der Waals surface area contributed by atoms with Crippen molar-refractivity contribution in [3.05, 3.63) is 87.2 Å². The topological polar surface area (TPSA) is 106 Å². The monoisotopic (exact) mass is 681 g/mol. The molecule has 2 heterocycles. The van der Waals surface area contributed by atoms with Crippen molar-refractivity contribution in [2.75, 3.05) is 24.4 Å². The highest BCUT2D eigenvalue weighted by Crippen LogP contribution is 2.57. The summed E-state index contributed by atoms with van der Waals surface area (Å²) in [6.45, 7) is 2.75. The van der Waals surface area contributed by atoms with Gasteiger partial charge in [0.15, 0.2) is 0 Å². The van der Waals surface area contributed by atoms with Gasteiger partial charge in [0.05, 0.1) is 41.9 Å². The highest BCUT2D eigenvalue weighted by Gasteiger charge is 2.66. The molecule has 3 aromatic carbocycles. The van der Waals surface area contributed by atoms with E-state index in [4.69, 9.17) is 32.7 Å². The molecule has 1 fully saturated rings. The fourth-order valence-corrected chi connectivity index (χ4v) is 6.76. The smallest absolute Gasteiger partial charge is 0.391 e. The SMILES string of the molecule is CCOC(=O)c1ccc(NC(=O)[C@@H]2N[C@@H](C[C@@H](C)C(F)(F)F)[C@@]3(C(=O)Nc4cc(Cl)ccc43)[C@H]2c2cccc(Cl)c2F)c(OC)c1. The minimum atomic E-state index is -4.63. The largest absolute Gasteiger partial charge is 0.495 e. The first-order valence-electron chi connectivity index (χ1n) is 14.3. The number of hydrogen-bond donors (Lipinski definition) is 3. The lowest BCUT2D eigenvalue weighted by molar-refractivity contribution is -0.173. The van der Waals surface area contributed by atoms with Gasteiger partial charge in [-0.1, -0.05) is 48.3 Å². The standard InChI is InChI=1S/C32H29Cl2F4N3O5/c1-4-46-29(43)16-8-11-21(23(13-16)45-3)39-28(42)27-25(18-6-5-7-20(34)26(18)35)31(24(41-27)12-15(2)32(36,37)38)19-10-9-17(33)14-22(19)40-30(31)44/h5-11,13-15,24-25,27,41H,4,12H2,1-3H3,(H,39,42)(H,40,44)/t15-,24+,25+,27-,31-/m1/s1. The maximum Gasteiger partial charge on any atom is 0.391 e. The summed E-state index contributed by atoms with van der Waals surface area (Å²) in [6, 6.07) is 9.86. The van der Waals surface area contributed by atoms with E-state index in [9.17, 15) is 27.6 Å². The predicted molar refractivity (Wildman–Crippen MR) is 164 cm³/mol. The van der Waals surface area contributed by atoms with E-state index in [1.807, 2.05) is 0 Å². The summed E-state index contributed by atoms with van der Waals surface area (Å²) in [7, 11) is 1.31. The van der Waals surface area contributed by atoms with Crippen LogP contribution in [0.1, 0.15) is 47.7 Å². The maximum atomic E-state index is 15.9. The molecule has 1 spiro atoms. The second-order valence-electron chi connectivity index (χ2n) is 11.1. The molecule has 14 heteroatoms. The highest BCUT2D eigenvalue weighted by molar-refractivity contribution is 6.31. The molecule has 3 N–H and O–H groups in total. The number of carbonyl (C=O) groups is 3. The van der Waals surface area contributed by atoms with E-state index in [0.717, 1.165) is 6.92 Å². The average Bonchev–Trinajstić information content (AvgIpc) is 3.48. The summed E-state index contributed by atoms with van der Waals surface area (Å²) in [5.74, 6) is -6.29. The first-order chi connectivity index (χ1) is 21.7. The minimum absolute atomic E-state index is 0.0814. The number of amides is 2. The van der Waals surface area contributed by atoms with E-state index in [2.05, 4.69) is 16.0 Å². The fourth-order valence-electron chi connectivity index (χ4n) is 6.41. The molecule has 2 amide bonds. The van der Waals surface area contributed by atoms with Crippen LogP contribution in [0, 0.1) is 11.7 Å². The number of fused-ring (bicyclic) bond motifs is 2. The molecule has 1 saturated heterocycles. The van der Waals surface area contributed by atoms with Crippen molar-refractivity contribution in [1.82, 2.24) is 5.32 Å². The summed E-state index contributed by atoms with van der Waals surface area (Å²) >= 11 is 12.4. The molecule has 2 aliphatic heterocycles. The first-order valence-corrected chi connectivity index (χ1v) is 15.0. The normalized spacial score (nSPS) is 22.7. The molecule has 5 rings (SSSR count). The van der Waals surface area contributed by atoms with Gasteiger partial charge in [-0.15, -0.1) is 0 Å². The lowest BCUT2D eigenvalue weighted by atomic mass is 9.63. The number of nitrogens with one attached hydrogen (secondary N) is 3. The molecule has 2 aliphatic rings. The van der Waals surface area contributed by atoms with Crippen LogP contribution in [0.5, 0.6) is 5.75 Å². The Bertz CT molecular complexity index is 1700. The van der Waals surface area contributed by atoms with Gasteiger partial charge in [-0.3, -0.25) is 9.59 Å². The summed E-state index contributed by atoms with van der Waals surface area (Å²) < 4.78 is 68.2. The summed E-state index contributed by atoms with van der Waals surface area (Å²) in [4.78, 5) is 40.6. The zero-order valence-corrected chi connectivity index (χ0v) is 26.2. The Morgan fingerprint density at radius 1 is 1.11 bits per heavy atom. The molecular weight excluding hydrogens is 653 g/mol. The molecule has 244 valence electrons. The van der Waals surface area contributed by atoms with E-state index in [-0.39, 0.29) is 50.5 Å². The van der Waals surface area contributed by atoms with E-state index >= 15 is 4.39 Å². The minimum Gasteiger partial charge on any atom is -0.495 e. The van der Waals surface area contributed by atoms with E-state index in [1.165, 1.54) is 61.7 Å². The molecule has 0 unspecified atom stereocenters. The molecule has 0 bridgehead atoms. The number of carbonyl (C=O) groups excluding carboxylic acids is 3. The Balaban J connectivity index is 1.67. The van der Waals surface area contributed by atoms with Crippen LogP contribution in [-0.2, 0) is 19.7 Å². The fraction of sp³-hybridized carbons (Fsp3) is 0.344. The third-order valence-corrected chi connectivity index (χ3v) is 9.05. The Hall–Kier alpha value is -3.87. The Morgan fingerprint density at radius 3 is 2.52 bits per heavy atom. The van der Waals surface area contributed by atoms with Gasteiger partial charge in [0, 0.05) is 22.7 Å². The van der Waals surface area contributed by atoms with Crippen LogP contribution >= 0.6 is 23.2 Å². The van der Waals surface area contributed by atoms with E-state index < -0.39 is 65.5 Å². The quantitative estimate of drug-likeness (QED) is 0.177. The Morgan fingerprint density at radius 2 is 1.85 bits per heavy atom. The number of hydrogen-bond acceptors (Lipinski definition) is 6. The Kier molecular flexibility index (Phi) is 9.27. The van der Waals surface area contributed by atoms with Crippen LogP contribution in [0.15, 0.2) is 54.6 Å². The van der Waals surface area contributed by atoms with Crippen molar-refractivity contribution in [1.29, 1.82) is 0 Å². The summed E-state index contributed by atoms with van der Waals surface area (Å²) in [6.07, 6.45) is -5.26. The third-order valence-electron chi connectivity index (χ3n) is 8.52. The molecule has 46 heavy (non-hydrogen) atoms. The summed E-state index contributed by atoms with van der Waals surface area (Å²) in [5.41, 5.74) is -1.31. The van der Waals surface area contributed by atoms with Crippen LogP contribution in [0.3, 0.4) is 0 Å². The number of ether oxygens (including phenoxy) is 2. The van der Waals surface area contributed by atoms with Crippen LogP contribution in [0.2, 0.25) is 10.0 Å². The molecule has 0 saturated carbocycles. The highest BCUT2D eigenvalue weighted by atomic mass is 35.5. The van der Waals surface area contributed by atoms with Gasteiger partial charge in [0.1, 0.15) is 17.0 Å². The zero-order chi connectivity index (χ0) is 33.6. The van der Waals surface area contributed by atoms with Crippen LogP contribution in [-0.4, -0.2) is 49.8 Å². The van der Waals surface area contributed by atoms with Crippen molar-refractivity contribution >= 4 is 52.4 Å². The lowest BCUT2D eigenvalue weighted by Gasteiger charge is -2.36. The molecular formula is C32H29Cl2F4N3O5. The molecule has 0 aliphatic carbocycles. The van der Waals surface area contributed by atoms with Gasteiger partial charge in [-0.05, 0) is 60.9 Å². The van der Waals surface area contributed by atoms with Crippen LogP contribution < -0.4 is 20.7 Å². The number of alkyl halides is 3. The van der Waals surface area contributed by atoms with Crippen molar-refractivity contribution in [2.45, 2.75) is 49.9 Å². The Labute approximate surface area is 271 Å². The molecule has 0 aromatic heterocycles. The number of halogens is 6. The van der Waals surface area contributed by atoms with Gasteiger partial charge in [0.25, 0.3) is 0 Å². The van der Waals surface area contributed by atoms with Crippen molar-refractivity contribution < 1.29 is 41.4 Å². The number of benzene rings is 3. The second-order valence-corrected chi connectivity index (χ2v) is 12.0. The molecule has 3 aromatic rings. The van der Waals surface area contributed by atoms with Crippen molar-refractivity contribution in [3.8, 4) is 5.75 Å². The second kappa shape index (κ2) is 12.7. The van der Waals surface area contributed by atoms with Gasteiger partial charge in [-0.2, -0.15) is 13.2 Å². The average molecular weight is 682 g/mol. The van der Waals surface area contributed by atoms with Gasteiger partial charge in [-0.25, -0.2) is 9.18 Å². The molecule has 0 radical (unpaired) electrons. The predicted octanol–water partition coefficient (Wildman–Crippen LogP) is 6.86. The molecule has 5 atom stereocenters. The van der Waals surface area contributed by atoms with Gasteiger partial charge < -0.3 is 25.4 Å². The maximum absolute atomic E-state index is 15.9. The number of anilines is 2. The first kappa shape index (κ1) is 33.5. The number of rotatable bonds is 8. The van der Waals surface area contributed by atoms with Crippen molar-refractivity contribution in [2.24, 2.45) is 5.92 Å². The molecule has 8 nitrogen and oxygen atoms in total.